The number of ether oxygens (including phenoxy) is 1. The minimum atomic E-state index is -1.34. The highest BCUT2D eigenvalue weighted by Gasteiger charge is 2.44. The van der Waals surface area contributed by atoms with Crippen LogP contribution in [0.2, 0.25) is 5.02 Å². The van der Waals surface area contributed by atoms with E-state index in [0.29, 0.717) is 17.2 Å². The third kappa shape index (κ3) is 3.01. The molecule has 1 aliphatic rings. The average molecular weight is 396 g/mol. The fourth-order valence-corrected chi connectivity index (χ4v) is 2.33. The SMILES string of the molecule is O=C(NC1(C(=O)O)CCOC1)c1ccc(I)c(Cl)c1. The van der Waals surface area contributed by atoms with Crippen molar-refractivity contribution in [1.82, 2.24) is 5.32 Å². The quantitative estimate of drug-likeness (QED) is 0.767. The maximum Gasteiger partial charge on any atom is 0.331 e. The van der Waals surface area contributed by atoms with Crippen molar-refractivity contribution in [2.24, 2.45) is 0 Å². The highest BCUT2D eigenvalue weighted by Crippen LogP contribution is 2.22. The van der Waals surface area contributed by atoms with Crippen LogP contribution in [0, 0.1) is 3.57 Å². The first-order chi connectivity index (χ1) is 8.94. The predicted molar refractivity (Wildman–Crippen MR) is 77.4 cm³/mol. The molecule has 1 unspecified atom stereocenters. The highest BCUT2D eigenvalue weighted by molar-refractivity contribution is 14.1. The maximum atomic E-state index is 12.1. The van der Waals surface area contributed by atoms with Crippen molar-refractivity contribution in [3.63, 3.8) is 0 Å². The fourth-order valence-electron chi connectivity index (χ4n) is 1.81. The number of carboxylic acid groups (broad SMARTS) is 1. The molecular weight excluding hydrogens is 384 g/mol. The minimum absolute atomic E-state index is 0.0217. The number of halogens is 2. The number of amides is 1. The molecule has 0 spiro atoms. The number of hydrogen-bond acceptors (Lipinski definition) is 3. The van der Waals surface area contributed by atoms with Gasteiger partial charge in [-0.25, -0.2) is 4.79 Å². The van der Waals surface area contributed by atoms with Crippen molar-refractivity contribution in [2.75, 3.05) is 13.2 Å². The number of benzene rings is 1. The second-order valence-corrected chi connectivity index (χ2v) is 5.84. The Labute approximate surface area is 128 Å². The Balaban J connectivity index is 2.20. The Bertz CT molecular complexity index is 528. The van der Waals surface area contributed by atoms with E-state index in [2.05, 4.69) is 27.9 Å². The van der Waals surface area contributed by atoms with Crippen molar-refractivity contribution in [1.29, 1.82) is 0 Å². The molecule has 0 aromatic heterocycles. The Hall–Kier alpha value is -0.860. The van der Waals surface area contributed by atoms with E-state index in [0.717, 1.165) is 3.57 Å². The van der Waals surface area contributed by atoms with Gasteiger partial charge in [0, 0.05) is 22.2 Å². The number of aliphatic carboxylic acids is 1. The van der Waals surface area contributed by atoms with Gasteiger partial charge in [0.25, 0.3) is 5.91 Å². The highest BCUT2D eigenvalue weighted by atomic mass is 127. The summed E-state index contributed by atoms with van der Waals surface area (Å²) in [6.07, 6.45) is 0.256. The van der Waals surface area contributed by atoms with Crippen LogP contribution < -0.4 is 5.32 Å². The van der Waals surface area contributed by atoms with E-state index in [9.17, 15) is 14.7 Å². The third-order valence-corrected chi connectivity index (χ3v) is 4.54. The van der Waals surface area contributed by atoms with E-state index < -0.39 is 17.4 Å². The summed E-state index contributed by atoms with van der Waals surface area (Å²) in [6.45, 7) is 0.298. The topological polar surface area (TPSA) is 75.6 Å². The van der Waals surface area contributed by atoms with Gasteiger partial charge in [0.15, 0.2) is 5.54 Å². The molecule has 1 saturated heterocycles. The number of carbonyl (C=O) groups excluding carboxylic acids is 1. The maximum absolute atomic E-state index is 12.1. The third-order valence-electron chi connectivity index (χ3n) is 2.97. The summed E-state index contributed by atoms with van der Waals surface area (Å²) in [5.41, 5.74) is -1.01. The molecule has 0 aliphatic carbocycles. The summed E-state index contributed by atoms with van der Waals surface area (Å²) in [6, 6.07) is 4.83. The van der Waals surface area contributed by atoms with E-state index in [1.54, 1.807) is 12.1 Å². The normalized spacial score (nSPS) is 22.2. The van der Waals surface area contributed by atoms with Crippen LogP contribution in [0.1, 0.15) is 16.8 Å². The van der Waals surface area contributed by atoms with E-state index in [-0.39, 0.29) is 13.0 Å². The van der Waals surface area contributed by atoms with Crippen molar-refractivity contribution in [3.8, 4) is 0 Å². The first-order valence-electron chi connectivity index (χ1n) is 5.53. The summed E-state index contributed by atoms with van der Waals surface area (Å²) < 4.78 is 5.91. The molecule has 0 saturated carbocycles. The van der Waals surface area contributed by atoms with Gasteiger partial charge in [-0.15, -0.1) is 0 Å². The Morgan fingerprint density at radius 3 is 2.74 bits per heavy atom. The zero-order chi connectivity index (χ0) is 14.0. The van der Waals surface area contributed by atoms with Crippen LogP contribution in [-0.4, -0.2) is 35.7 Å². The molecule has 2 rings (SSSR count). The first kappa shape index (κ1) is 14.5. The summed E-state index contributed by atoms with van der Waals surface area (Å²) in [7, 11) is 0. The van der Waals surface area contributed by atoms with Crippen LogP contribution >= 0.6 is 34.2 Å². The van der Waals surface area contributed by atoms with Gasteiger partial charge in [0.1, 0.15) is 0 Å². The lowest BCUT2D eigenvalue weighted by atomic mass is 9.98. The predicted octanol–water partition coefficient (Wildman–Crippen LogP) is 1.92. The largest absolute Gasteiger partial charge is 0.479 e. The summed E-state index contributed by atoms with van der Waals surface area (Å²) in [5.74, 6) is -1.55. The standard InChI is InChI=1S/C12H11ClINO4/c13-8-5-7(1-2-9(8)14)10(16)15-12(11(17)18)3-4-19-6-12/h1-2,5H,3-4,6H2,(H,15,16)(H,17,18). The van der Waals surface area contributed by atoms with Crippen LogP contribution in [0.25, 0.3) is 0 Å². The monoisotopic (exact) mass is 395 g/mol. The molecule has 1 amide bonds. The molecule has 1 heterocycles. The molecule has 5 nitrogen and oxygen atoms in total. The van der Waals surface area contributed by atoms with Gasteiger partial charge in [0.05, 0.1) is 11.6 Å². The zero-order valence-electron chi connectivity index (χ0n) is 9.78. The molecule has 19 heavy (non-hydrogen) atoms. The van der Waals surface area contributed by atoms with Crippen molar-refractivity contribution in [2.45, 2.75) is 12.0 Å². The molecule has 7 heteroatoms. The van der Waals surface area contributed by atoms with Gasteiger partial charge in [-0.2, -0.15) is 0 Å². The molecule has 1 aromatic carbocycles. The molecule has 0 bridgehead atoms. The summed E-state index contributed by atoms with van der Waals surface area (Å²) >= 11 is 7.99. The molecular formula is C12H11ClINO4. The molecule has 102 valence electrons. The van der Waals surface area contributed by atoms with Gasteiger partial charge in [-0.1, -0.05) is 11.6 Å². The van der Waals surface area contributed by atoms with Gasteiger partial charge in [-0.05, 0) is 40.8 Å². The number of hydrogen-bond donors (Lipinski definition) is 2. The summed E-state index contributed by atoms with van der Waals surface area (Å²) in [4.78, 5) is 23.4. The zero-order valence-corrected chi connectivity index (χ0v) is 12.7. The van der Waals surface area contributed by atoms with Crippen molar-refractivity contribution in [3.05, 3.63) is 32.4 Å². The fraction of sp³-hybridized carbons (Fsp3) is 0.333. The van der Waals surface area contributed by atoms with Gasteiger partial charge >= 0.3 is 5.97 Å². The van der Waals surface area contributed by atoms with Crippen LogP contribution in [-0.2, 0) is 9.53 Å². The number of nitrogens with one attached hydrogen (secondary N) is 1. The lowest BCUT2D eigenvalue weighted by molar-refractivity contribution is -0.144. The second kappa shape index (κ2) is 5.64. The number of carboxylic acids is 1. The van der Waals surface area contributed by atoms with Crippen LogP contribution in [0.15, 0.2) is 18.2 Å². The van der Waals surface area contributed by atoms with E-state index in [1.807, 2.05) is 0 Å². The minimum Gasteiger partial charge on any atom is -0.479 e. The van der Waals surface area contributed by atoms with Crippen molar-refractivity contribution >= 4 is 46.1 Å². The Morgan fingerprint density at radius 1 is 1.47 bits per heavy atom. The van der Waals surface area contributed by atoms with E-state index in [4.69, 9.17) is 16.3 Å². The van der Waals surface area contributed by atoms with E-state index >= 15 is 0 Å². The average Bonchev–Trinajstić information content (AvgIpc) is 2.82. The van der Waals surface area contributed by atoms with Gasteiger partial charge in [0.2, 0.25) is 0 Å². The van der Waals surface area contributed by atoms with Crippen LogP contribution in [0.3, 0.4) is 0 Å². The number of carbonyl (C=O) groups is 2. The summed E-state index contributed by atoms with van der Waals surface area (Å²) in [5, 5.41) is 12.2. The molecule has 1 aromatic rings. The van der Waals surface area contributed by atoms with Gasteiger partial charge in [-0.3, -0.25) is 4.79 Å². The molecule has 0 radical (unpaired) electrons. The Kier molecular flexibility index (Phi) is 4.32. The van der Waals surface area contributed by atoms with Crippen LogP contribution in [0.4, 0.5) is 0 Å². The second-order valence-electron chi connectivity index (χ2n) is 4.27. The van der Waals surface area contributed by atoms with Gasteiger partial charge < -0.3 is 15.2 Å². The van der Waals surface area contributed by atoms with E-state index in [1.165, 1.54) is 6.07 Å². The smallest absolute Gasteiger partial charge is 0.331 e. The molecule has 1 atom stereocenters. The molecule has 1 fully saturated rings. The van der Waals surface area contributed by atoms with Crippen molar-refractivity contribution < 1.29 is 19.4 Å². The molecule has 1 aliphatic heterocycles. The lowest BCUT2D eigenvalue weighted by Gasteiger charge is -2.23. The first-order valence-corrected chi connectivity index (χ1v) is 6.99. The Morgan fingerprint density at radius 2 is 2.21 bits per heavy atom. The molecule has 2 N–H and O–H groups in total. The number of rotatable bonds is 3. The van der Waals surface area contributed by atoms with Crippen LogP contribution in [0.5, 0.6) is 0 Å². The lowest BCUT2D eigenvalue weighted by Crippen LogP contribution is -2.55.